The van der Waals surface area contributed by atoms with Crippen molar-refractivity contribution in [1.82, 2.24) is 10.2 Å². The van der Waals surface area contributed by atoms with E-state index in [2.05, 4.69) is 32.8 Å². The normalized spacial score (nSPS) is 26.0. The Bertz CT molecular complexity index is 529. The van der Waals surface area contributed by atoms with Gasteiger partial charge in [-0.3, -0.25) is 9.69 Å². The summed E-state index contributed by atoms with van der Waals surface area (Å²) >= 11 is 4.23. The molecule has 0 aromatic heterocycles. The number of nitrogens with one attached hydrogen (secondary N) is 1. The molecule has 1 N–H and O–H groups in total. The van der Waals surface area contributed by atoms with Gasteiger partial charge in [0, 0.05) is 40.1 Å². The second-order valence-electron chi connectivity index (χ2n) is 5.82. The van der Waals surface area contributed by atoms with Crippen LogP contribution in [-0.4, -0.2) is 60.7 Å². The first-order chi connectivity index (χ1) is 10.7. The van der Waals surface area contributed by atoms with E-state index in [1.54, 1.807) is 0 Å². The topological polar surface area (TPSA) is 41.6 Å². The Morgan fingerprint density at radius 1 is 1.41 bits per heavy atom. The average molecular weight is 432 g/mol. The molecule has 0 aliphatic carbocycles. The zero-order chi connectivity index (χ0) is 15.4. The molecule has 0 spiro atoms. The van der Waals surface area contributed by atoms with E-state index in [-0.39, 0.29) is 11.4 Å². The van der Waals surface area contributed by atoms with Crippen molar-refractivity contribution in [3.63, 3.8) is 0 Å². The van der Waals surface area contributed by atoms with Crippen molar-refractivity contribution in [3.05, 3.63) is 33.4 Å². The van der Waals surface area contributed by atoms with Gasteiger partial charge in [-0.15, -0.1) is 0 Å². The molecule has 2 saturated heterocycles. The first kappa shape index (κ1) is 16.5. The summed E-state index contributed by atoms with van der Waals surface area (Å²) < 4.78 is 6.56. The van der Waals surface area contributed by atoms with Gasteiger partial charge < -0.3 is 10.1 Å². The molecule has 2 fully saturated rings. The summed E-state index contributed by atoms with van der Waals surface area (Å²) in [6.45, 7) is 4.28. The molecule has 0 bridgehead atoms. The van der Waals surface area contributed by atoms with Crippen LogP contribution in [0, 0.1) is 3.57 Å². The molecule has 4 nitrogen and oxygen atoms in total. The molecule has 6 heteroatoms. The molecule has 1 atom stereocenters. The number of thioether (sulfide) groups is 1. The molecule has 2 aliphatic heterocycles. The van der Waals surface area contributed by atoms with Gasteiger partial charge in [-0.25, -0.2) is 0 Å². The number of rotatable bonds is 4. The molecular weight excluding hydrogens is 411 g/mol. The molecule has 120 valence electrons. The molecule has 2 aliphatic rings. The van der Waals surface area contributed by atoms with Crippen molar-refractivity contribution in [2.45, 2.75) is 12.0 Å². The Balaban J connectivity index is 1.65. The third kappa shape index (κ3) is 3.77. The van der Waals surface area contributed by atoms with Crippen molar-refractivity contribution < 1.29 is 9.53 Å². The van der Waals surface area contributed by atoms with E-state index in [4.69, 9.17) is 4.74 Å². The number of carbonyl (C=O) groups excluding carboxylic acids is 1. The minimum atomic E-state index is 0.0306. The quantitative estimate of drug-likeness (QED) is 0.742. The third-order valence-corrected chi connectivity index (χ3v) is 6.33. The van der Waals surface area contributed by atoms with Crippen LogP contribution in [0.5, 0.6) is 0 Å². The maximum Gasteiger partial charge on any atom is 0.251 e. The standard InChI is InChI=1S/C16H21IN2O2S/c17-14-3-1-2-13(10-14)15(20)18-11-16(4-9-22-12-16)19-5-7-21-8-6-19/h1-3,10H,4-9,11-12H2,(H,18,20). The maximum atomic E-state index is 12.4. The van der Waals surface area contributed by atoms with Crippen LogP contribution in [0.3, 0.4) is 0 Å². The van der Waals surface area contributed by atoms with Gasteiger partial charge >= 0.3 is 0 Å². The monoisotopic (exact) mass is 432 g/mol. The van der Waals surface area contributed by atoms with E-state index >= 15 is 0 Å². The van der Waals surface area contributed by atoms with Crippen LogP contribution in [-0.2, 0) is 4.74 Å². The zero-order valence-electron chi connectivity index (χ0n) is 12.5. The van der Waals surface area contributed by atoms with Crippen molar-refractivity contribution in [1.29, 1.82) is 0 Å². The first-order valence-electron chi connectivity index (χ1n) is 7.64. The summed E-state index contributed by atoms with van der Waals surface area (Å²) in [5, 5.41) is 3.17. The molecule has 1 amide bonds. The van der Waals surface area contributed by atoms with Gasteiger partial charge in [0.15, 0.2) is 0 Å². The van der Waals surface area contributed by atoms with Crippen LogP contribution in [0.15, 0.2) is 24.3 Å². The third-order valence-electron chi connectivity index (χ3n) is 4.43. The lowest BCUT2D eigenvalue weighted by Gasteiger charge is -2.43. The van der Waals surface area contributed by atoms with E-state index in [0.29, 0.717) is 0 Å². The van der Waals surface area contributed by atoms with Crippen LogP contribution >= 0.6 is 34.4 Å². The van der Waals surface area contributed by atoms with Crippen molar-refractivity contribution in [3.8, 4) is 0 Å². The van der Waals surface area contributed by atoms with Crippen LogP contribution in [0.4, 0.5) is 0 Å². The highest BCUT2D eigenvalue weighted by atomic mass is 127. The Morgan fingerprint density at radius 3 is 2.91 bits per heavy atom. The Hall–Kier alpha value is -0.310. The average Bonchev–Trinajstić information content (AvgIpc) is 3.04. The fraction of sp³-hybridized carbons (Fsp3) is 0.562. The molecule has 1 aromatic rings. The first-order valence-corrected chi connectivity index (χ1v) is 9.87. The molecule has 22 heavy (non-hydrogen) atoms. The highest BCUT2D eigenvalue weighted by Crippen LogP contribution is 2.33. The second kappa shape index (κ2) is 7.51. The van der Waals surface area contributed by atoms with E-state index in [1.165, 1.54) is 5.75 Å². The molecule has 0 saturated carbocycles. The largest absolute Gasteiger partial charge is 0.379 e. The van der Waals surface area contributed by atoms with Crippen LogP contribution in [0.1, 0.15) is 16.8 Å². The van der Waals surface area contributed by atoms with Gasteiger partial charge in [0.1, 0.15) is 0 Å². The predicted molar refractivity (Wildman–Crippen MR) is 98.6 cm³/mol. The number of hydrogen-bond donors (Lipinski definition) is 1. The Morgan fingerprint density at radius 2 is 2.23 bits per heavy atom. The molecule has 0 radical (unpaired) electrons. The Labute approximate surface area is 149 Å². The lowest BCUT2D eigenvalue weighted by molar-refractivity contribution is -0.0129. The predicted octanol–water partition coefficient (Wildman–Crippen LogP) is 2.23. The molecule has 1 aromatic carbocycles. The van der Waals surface area contributed by atoms with Crippen LogP contribution in [0.2, 0.25) is 0 Å². The second-order valence-corrected chi connectivity index (χ2v) is 8.17. The minimum absolute atomic E-state index is 0.0306. The molecular formula is C16H21IN2O2S. The number of benzene rings is 1. The maximum absolute atomic E-state index is 12.4. The number of morpholine rings is 1. The summed E-state index contributed by atoms with van der Waals surface area (Å²) in [6, 6.07) is 7.74. The van der Waals surface area contributed by atoms with Crippen molar-refractivity contribution in [2.24, 2.45) is 0 Å². The number of hydrogen-bond acceptors (Lipinski definition) is 4. The van der Waals surface area contributed by atoms with E-state index in [9.17, 15) is 4.79 Å². The van der Waals surface area contributed by atoms with Gasteiger partial charge in [-0.1, -0.05) is 6.07 Å². The fourth-order valence-electron chi connectivity index (χ4n) is 3.11. The van der Waals surface area contributed by atoms with Gasteiger partial charge in [-0.2, -0.15) is 11.8 Å². The SMILES string of the molecule is O=C(NCC1(N2CCOCC2)CCSC1)c1cccc(I)c1. The highest BCUT2D eigenvalue weighted by molar-refractivity contribution is 14.1. The molecule has 2 heterocycles. The summed E-state index contributed by atoms with van der Waals surface area (Å²) in [7, 11) is 0. The van der Waals surface area contributed by atoms with Gasteiger partial charge in [0.05, 0.1) is 13.2 Å². The number of amides is 1. The van der Waals surface area contributed by atoms with Gasteiger partial charge in [0.25, 0.3) is 5.91 Å². The number of halogens is 1. The zero-order valence-corrected chi connectivity index (χ0v) is 15.5. The Kier molecular flexibility index (Phi) is 5.64. The van der Waals surface area contributed by atoms with Gasteiger partial charge in [0.2, 0.25) is 0 Å². The summed E-state index contributed by atoms with van der Waals surface area (Å²) in [5.74, 6) is 2.30. The smallest absolute Gasteiger partial charge is 0.251 e. The number of ether oxygens (including phenoxy) is 1. The van der Waals surface area contributed by atoms with E-state index in [1.807, 2.05) is 36.0 Å². The number of carbonyl (C=O) groups is 1. The van der Waals surface area contributed by atoms with Crippen LogP contribution in [0.25, 0.3) is 0 Å². The molecule has 3 rings (SSSR count). The van der Waals surface area contributed by atoms with E-state index in [0.717, 1.165) is 54.2 Å². The minimum Gasteiger partial charge on any atom is -0.379 e. The molecule has 1 unspecified atom stereocenters. The van der Waals surface area contributed by atoms with Crippen molar-refractivity contribution >= 4 is 40.3 Å². The summed E-state index contributed by atoms with van der Waals surface area (Å²) in [6.07, 6.45) is 1.14. The van der Waals surface area contributed by atoms with E-state index < -0.39 is 0 Å². The number of nitrogens with zero attached hydrogens (tertiary/aromatic N) is 1. The van der Waals surface area contributed by atoms with Gasteiger partial charge in [-0.05, 0) is 53.0 Å². The lowest BCUT2D eigenvalue weighted by Crippen LogP contribution is -2.59. The highest BCUT2D eigenvalue weighted by Gasteiger charge is 2.40. The summed E-state index contributed by atoms with van der Waals surface area (Å²) in [4.78, 5) is 14.9. The summed E-state index contributed by atoms with van der Waals surface area (Å²) in [5.41, 5.74) is 0.848. The van der Waals surface area contributed by atoms with Crippen LogP contribution < -0.4 is 5.32 Å². The lowest BCUT2D eigenvalue weighted by atomic mass is 9.95. The van der Waals surface area contributed by atoms with Crippen molar-refractivity contribution in [2.75, 3.05) is 44.4 Å². The fourth-order valence-corrected chi connectivity index (χ4v) is 5.13.